The molecule has 0 amide bonds. The van der Waals surface area contributed by atoms with Crippen molar-refractivity contribution in [2.24, 2.45) is 0 Å². The zero-order valence-electron chi connectivity index (χ0n) is 12.8. The molecule has 1 rings (SSSR count). The van der Waals surface area contributed by atoms with Crippen molar-refractivity contribution in [1.29, 1.82) is 0 Å². The van der Waals surface area contributed by atoms with E-state index < -0.39 is 5.97 Å². The minimum Gasteiger partial charge on any atom is -0.481 e. The molecule has 4 nitrogen and oxygen atoms in total. The van der Waals surface area contributed by atoms with Crippen LogP contribution in [0.1, 0.15) is 24.5 Å². The third-order valence-corrected chi connectivity index (χ3v) is 3.38. The first-order chi connectivity index (χ1) is 9.52. The Morgan fingerprint density at radius 3 is 2.35 bits per heavy atom. The lowest BCUT2D eigenvalue weighted by atomic mass is 10.0. The third-order valence-electron chi connectivity index (χ3n) is 3.38. The number of aliphatic carboxylic acids is 1. The van der Waals surface area contributed by atoms with E-state index in [2.05, 4.69) is 30.8 Å². The lowest BCUT2D eigenvalue weighted by molar-refractivity contribution is -0.136. The maximum atomic E-state index is 10.9. The van der Waals surface area contributed by atoms with E-state index >= 15 is 0 Å². The number of benzene rings is 1. The number of carboxylic acid groups (broad SMARTS) is 1. The highest BCUT2D eigenvalue weighted by molar-refractivity contribution is 5.70. The number of hydrogen-bond acceptors (Lipinski definition) is 3. The summed E-state index contributed by atoms with van der Waals surface area (Å²) in [5, 5.41) is 8.97. The normalized spacial score (nSPS) is 11.2. The first-order valence-electron chi connectivity index (χ1n) is 7.18. The van der Waals surface area contributed by atoms with E-state index in [1.807, 2.05) is 24.3 Å². The maximum Gasteiger partial charge on any atom is 0.307 e. The summed E-state index contributed by atoms with van der Waals surface area (Å²) in [6, 6.07) is 7.84. The largest absolute Gasteiger partial charge is 0.481 e. The van der Waals surface area contributed by atoms with Crippen LogP contribution in [0.2, 0.25) is 0 Å². The molecule has 0 aliphatic heterocycles. The van der Waals surface area contributed by atoms with Crippen LogP contribution >= 0.6 is 0 Å². The van der Waals surface area contributed by atoms with Crippen LogP contribution in [0.3, 0.4) is 0 Å². The minimum absolute atomic E-state index is 0.103. The topological polar surface area (TPSA) is 43.8 Å². The molecule has 20 heavy (non-hydrogen) atoms. The van der Waals surface area contributed by atoms with Crippen LogP contribution in [0.15, 0.2) is 24.3 Å². The van der Waals surface area contributed by atoms with E-state index in [0.717, 1.165) is 43.7 Å². The Labute approximate surface area is 122 Å². The van der Waals surface area contributed by atoms with Gasteiger partial charge < -0.3 is 10.0 Å². The average molecular weight is 278 g/mol. The van der Waals surface area contributed by atoms with Crippen LogP contribution in [-0.4, -0.2) is 54.6 Å². The molecule has 1 N–H and O–H groups in total. The summed E-state index contributed by atoms with van der Waals surface area (Å²) < 4.78 is 0. The third kappa shape index (κ3) is 6.17. The van der Waals surface area contributed by atoms with Gasteiger partial charge in [0.15, 0.2) is 0 Å². The Balaban J connectivity index is 2.62. The van der Waals surface area contributed by atoms with Crippen molar-refractivity contribution in [3.63, 3.8) is 0 Å². The molecule has 1 aromatic carbocycles. The Hall–Kier alpha value is -1.39. The summed E-state index contributed by atoms with van der Waals surface area (Å²) in [7, 11) is 4.16. The molecule has 0 spiro atoms. The number of carboxylic acids is 1. The second-order valence-corrected chi connectivity index (χ2v) is 5.36. The summed E-state index contributed by atoms with van der Waals surface area (Å²) in [4.78, 5) is 15.5. The Morgan fingerprint density at radius 1 is 1.15 bits per heavy atom. The van der Waals surface area contributed by atoms with Crippen molar-refractivity contribution >= 4 is 5.97 Å². The van der Waals surface area contributed by atoms with Crippen LogP contribution in [-0.2, 0) is 17.8 Å². The van der Waals surface area contributed by atoms with Crippen molar-refractivity contribution in [1.82, 2.24) is 9.80 Å². The molecule has 0 fully saturated rings. The van der Waals surface area contributed by atoms with E-state index in [0.29, 0.717) is 0 Å². The SMILES string of the molecule is CCN(CCCN(C)C)Cc1ccccc1CC(=O)O. The fourth-order valence-corrected chi connectivity index (χ4v) is 2.25. The van der Waals surface area contributed by atoms with Crippen molar-refractivity contribution in [2.45, 2.75) is 26.3 Å². The van der Waals surface area contributed by atoms with Gasteiger partial charge in [-0.05, 0) is 51.3 Å². The van der Waals surface area contributed by atoms with Crippen LogP contribution in [0.25, 0.3) is 0 Å². The molecule has 0 heterocycles. The molecule has 0 bridgehead atoms. The van der Waals surface area contributed by atoms with Crippen molar-refractivity contribution in [2.75, 3.05) is 33.7 Å². The van der Waals surface area contributed by atoms with Crippen LogP contribution in [0.5, 0.6) is 0 Å². The Bertz CT molecular complexity index is 419. The highest BCUT2D eigenvalue weighted by atomic mass is 16.4. The number of carbonyl (C=O) groups is 1. The lowest BCUT2D eigenvalue weighted by Gasteiger charge is -2.22. The van der Waals surface area contributed by atoms with Gasteiger partial charge in [-0.1, -0.05) is 31.2 Å². The smallest absolute Gasteiger partial charge is 0.307 e. The first kappa shape index (κ1) is 16.7. The van der Waals surface area contributed by atoms with Gasteiger partial charge in [0.25, 0.3) is 0 Å². The number of nitrogens with zero attached hydrogens (tertiary/aromatic N) is 2. The molecule has 0 radical (unpaired) electrons. The van der Waals surface area contributed by atoms with Gasteiger partial charge in [-0.3, -0.25) is 9.69 Å². The number of rotatable bonds is 9. The second kappa shape index (κ2) is 8.72. The van der Waals surface area contributed by atoms with Crippen molar-refractivity contribution in [3.8, 4) is 0 Å². The lowest BCUT2D eigenvalue weighted by Crippen LogP contribution is -2.27. The van der Waals surface area contributed by atoms with Gasteiger partial charge in [0.2, 0.25) is 0 Å². The molecule has 0 atom stereocenters. The predicted molar refractivity (Wildman–Crippen MR) is 81.9 cm³/mol. The van der Waals surface area contributed by atoms with Gasteiger partial charge in [0.05, 0.1) is 6.42 Å². The zero-order valence-corrected chi connectivity index (χ0v) is 12.8. The average Bonchev–Trinajstić information content (AvgIpc) is 2.38. The zero-order chi connectivity index (χ0) is 15.0. The molecule has 0 saturated carbocycles. The highest BCUT2D eigenvalue weighted by Gasteiger charge is 2.09. The second-order valence-electron chi connectivity index (χ2n) is 5.36. The van der Waals surface area contributed by atoms with Crippen LogP contribution in [0.4, 0.5) is 0 Å². The Kier molecular flexibility index (Phi) is 7.26. The molecule has 0 saturated heterocycles. The summed E-state index contributed by atoms with van der Waals surface area (Å²) >= 11 is 0. The molecule has 112 valence electrons. The van der Waals surface area contributed by atoms with Crippen LogP contribution in [0, 0.1) is 0 Å². The fourth-order valence-electron chi connectivity index (χ4n) is 2.25. The maximum absolute atomic E-state index is 10.9. The van der Waals surface area contributed by atoms with Gasteiger partial charge in [-0.2, -0.15) is 0 Å². The van der Waals surface area contributed by atoms with E-state index in [1.165, 1.54) is 0 Å². The minimum atomic E-state index is -0.770. The number of hydrogen-bond donors (Lipinski definition) is 1. The molecule has 0 aromatic heterocycles. The monoisotopic (exact) mass is 278 g/mol. The van der Waals surface area contributed by atoms with E-state index in [9.17, 15) is 4.79 Å². The van der Waals surface area contributed by atoms with Gasteiger partial charge in [-0.25, -0.2) is 0 Å². The van der Waals surface area contributed by atoms with E-state index in [1.54, 1.807) is 0 Å². The predicted octanol–water partition coefficient (Wildman–Crippen LogP) is 2.09. The molecular formula is C16H26N2O2. The van der Waals surface area contributed by atoms with Gasteiger partial charge in [0.1, 0.15) is 0 Å². The van der Waals surface area contributed by atoms with Gasteiger partial charge in [0, 0.05) is 6.54 Å². The first-order valence-corrected chi connectivity index (χ1v) is 7.18. The summed E-state index contributed by atoms with van der Waals surface area (Å²) in [5.41, 5.74) is 2.05. The van der Waals surface area contributed by atoms with Gasteiger partial charge >= 0.3 is 5.97 Å². The molecular weight excluding hydrogens is 252 g/mol. The summed E-state index contributed by atoms with van der Waals surface area (Å²) in [6.07, 6.45) is 1.23. The van der Waals surface area contributed by atoms with E-state index in [-0.39, 0.29) is 6.42 Å². The molecule has 4 heteroatoms. The Morgan fingerprint density at radius 2 is 1.80 bits per heavy atom. The van der Waals surface area contributed by atoms with E-state index in [4.69, 9.17) is 5.11 Å². The molecule has 0 unspecified atom stereocenters. The highest BCUT2D eigenvalue weighted by Crippen LogP contribution is 2.13. The van der Waals surface area contributed by atoms with Crippen molar-refractivity contribution < 1.29 is 9.90 Å². The summed E-state index contributed by atoms with van der Waals surface area (Å²) in [5.74, 6) is -0.770. The van der Waals surface area contributed by atoms with Crippen LogP contribution < -0.4 is 0 Å². The molecule has 0 aliphatic carbocycles. The molecule has 1 aromatic rings. The van der Waals surface area contributed by atoms with Crippen molar-refractivity contribution in [3.05, 3.63) is 35.4 Å². The fraction of sp³-hybridized carbons (Fsp3) is 0.562. The van der Waals surface area contributed by atoms with Gasteiger partial charge in [-0.15, -0.1) is 0 Å². The quantitative estimate of drug-likeness (QED) is 0.751. The summed E-state index contributed by atoms with van der Waals surface area (Å²) in [6.45, 7) is 6.07. The molecule has 0 aliphatic rings. The standard InChI is InChI=1S/C16H26N2O2/c1-4-18(11-7-10-17(2)3)13-15-9-6-5-8-14(15)12-16(19)20/h5-6,8-9H,4,7,10-13H2,1-3H3,(H,19,20).